The SMILES string of the molecule is CCCCN(c1cc(C)cs1)[C@@H](C)C(=O)O. The zero-order chi connectivity index (χ0) is 12.1. The van der Waals surface area contributed by atoms with Gasteiger partial charge in [-0.15, -0.1) is 11.3 Å². The number of rotatable bonds is 6. The molecule has 0 bridgehead atoms. The Labute approximate surface area is 101 Å². The molecule has 0 saturated carbocycles. The highest BCUT2D eigenvalue weighted by Gasteiger charge is 2.21. The molecule has 0 radical (unpaired) electrons. The van der Waals surface area contributed by atoms with Gasteiger partial charge in [-0.3, -0.25) is 0 Å². The van der Waals surface area contributed by atoms with Gasteiger partial charge in [-0.2, -0.15) is 0 Å². The summed E-state index contributed by atoms with van der Waals surface area (Å²) in [5.41, 5.74) is 1.19. The van der Waals surface area contributed by atoms with Crippen LogP contribution in [0.5, 0.6) is 0 Å². The van der Waals surface area contributed by atoms with Crippen molar-refractivity contribution in [3.05, 3.63) is 17.0 Å². The summed E-state index contributed by atoms with van der Waals surface area (Å²) in [5, 5.41) is 12.2. The van der Waals surface area contributed by atoms with E-state index < -0.39 is 12.0 Å². The van der Waals surface area contributed by atoms with Crippen LogP contribution in [0.4, 0.5) is 5.00 Å². The fourth-order valence-electron chi connectivity index (χ4n) is 1.52. The number of unbranched alkanes of at least 4 members (excludes halogenated alkanes) is 1. The van der Waals surface area contributed by atoms with Crippen LogP contribution >= 0.6 is 11.3 Å². The summed E-state index contributed by atoms with van der Waals surface area (Å²) < 4.78 is 0. The zero-order valence-corrected chi connectivity index (χ0v) is 10.9. The van der Waals surface area contributed by atoms with Crippen molar-refractivity contribution in [3.8, 4) is 0 Å². The third-order valence-corrected chi connectivity index (χ3v) is 3.66. The second kappa shape index (κ2) is 5.89. The molecule has 3 nitrogen and oxygen atoms in total. The minimum atomic E-state index is -0.762. The molecule has 0 unspecified atom stereocenters. The summed E-state index contributed by atoms with van der Waals surface area (Å²) in [5.74, 6) is -0.762. The van der Waals surface area contributed by atoms with Gasteiger partial charge >= 0.3 is 5.97 Å². The van der Waals surface area contributed by atoms with Crippen LogP contribution in [-0.2, 0) is 4.79 Å². The van der Waals surface area contributed by atoms with Crippen LogP contribution in [0.2, 0.25) is 0 Å². The average Bonchev–Trinajstić information content (AvgIpc) is 2.65. The lowest BCUT2D eigenvalue weighted by molar-refractivity contribution is -0.138. The van der Waals surface area contributed by atoms with Crippen LogP contribution in [0.15, 0.2) is 11.4 Å². The highest BCUT2D eigenvalue weighted by molar-refractivity contribution is 7.14. The van der Waals surface area contributed by atoms with Crippen molar-refractivity contribution in [1.82, 2.24) is 0 Å². The fourth-order valence-corrected chi connectivity index (χ4v) is 2.54. The van der Waals surface area contributed by atoms with E-state index in [0.29, 0.717) is 0 Å². The molecule has 0 spiro atoms. The molecule has 1 aromatic heterocycles. The number of aliphatic carboxylic acids is 1. The third-order valence-electron chi connectivity index (χ3n) is 2.58. The second-order valence-corrected chi connectivity index (χ2v) is 4.91. The maximum atomic E-state index is 11.0. The molecule has 1 heterocycles. The molecule has 1 rings (SSSR count). The number of nitrogens with zero attached hydrogens (tertiary/aromatic N) is 1. The van der Waals surface area contributed by atoms with Gasteiger partial charge in [0.15, 0.2) is 0 Å². The van der Waals surface area contributed by atoms with E-state index in [2.05, 4.69) is 18.4 Å². The van der Waals surface area contributed by atoms with Crippen LogP contribution in [0, 0.1) is 6.92 Å². The molecule has 4 heteroatoms. The van der Waals surface area contributed by atoms with E-state index in [4.69, 9.17) is 5.11 Å². The first kappa shape index (κ1) is 13.0. The lowest BCUT2D eigenvalue weighted by Crippen LogP contribution is -2.39. The Morgan fingerprint density at radius 2 is 2.31 bits per heavy atom. The predicted octanol–water partition coefficient (Wildman–Crippen LogP) is 3.14. The van der Waals surface area contributed by atoms with Gasteiger partial charge in [-0.1, -0.05) is 13.3 Å². The lowest BCUT2D eigenvalue weighted by atomic mass is 10.2. The van der Waals surface area contributed by atoms with Gasteiger partial charge in [0.2, 0.25) is 0 Å². The van der Waals surface area contributed by atoms with E-state index in [9.17, 15) is 4.79 Å². The van der Waals surface area contributed by atoms with E-state index in [0.717, 1.165) is 24.4 Å². The molecule has 0 aliphatic heterocycles. The molecule has 90 valence electrons. The molecular weight excluding hydrogens is 222 g/mol. The first-order chi connectivity index (χ1) is 7.56. The second-order valence-electron chi connectivity index (χ2n) is 4.02. The highest BCUT2D eigenvalue weighted by atomic mass is 32.1. The normalized spacial score (nSPS) is 12.4. The van der Waals surface area contributed by atoms with E-state index in [1.54, 1.807) is 18.3 Å². The summed E-state index contributed by atoms with van der Waals surface area (Å²) in [7, 11) is 0. The summed E-state index contributed by atoms with van der Waals surface area (Å²) in [6, 6.07) is 1.60. The van der Waals surface area contributed by atoms with Gasteiger partial charge in [0.1, 0.15) is 6.04 Å². The maximum Gasteiger partial charge on any atom is 0.326 e. The van der Waals surface area contributed by atoms with Crippen LogP contribution in [0.25, 0.3) is 0 Å². The van der Waals surface area contributed by atoms with Gasteiger partial charge in [0.05, 0.1) is 5.00 Å². The number of hydrogen-bond donors (Lipinski definition) is 1. The monoisotopic (exact) mass is 241 g/mol. The molecule has 0 saturated heterocycles. The first-order valence-electron chi connectivity index (χ1n) is 5.60. The summed E-state index contributed by atoms with van der Waals surface area (Å²) in [6.45, 7) is 6.70. The Hall–Kier alpha value is -1.03. The maximum absolute atomic E-state index is 11.0. The number of anilines is 1. The van der Waals surface area contributed by atoms with Gasteiger partial charge in [0.25, 0.3) is 0 Å². The largest absolute Gasteiger partial charge is 0.480 e. The Morgan fingerprint density at radius 1 is 1.62 bits per heavy atom. The Morgan fingerprint density at radius 3 is 2.75 bits per heavy atom. The Balaban J connectivity index is 2.82. The van der Waals surface area contributed by atoms with E-state index in [1.807, 2.05) is 11.8 Å². The molecule has 1 N–H and O–H groups in total. The lowest BCUT2D eigenvalue weighted by Gasteiger charge is -2.26. The number of hydrogen-bond acceptors (Lipinski definition) is 3. The van der Waals surface area contributed by atoms with Crippen molar-refractivity contribution in [2.24, 2.45) is 0 Å². The van der Waals surface area contributed by atoms with Gasteiger partial charge in [-0.25, -0.2) is 4.79 Å². The van der Waals surface area contributed by atoms with Crippen molar-refractivity contribution in [3.63, 3.8) is 0 Å². The molecule has 16 heavy (non-hydrogen) atoms. The Bertz CT molecular complexity index is 349. The molecule has 1 aromatic rings. The standard InChI is InChI=1S/C12H19NO2S/c1-4-5-6-13(10(3)12(14)15)11-7-9(2)8-16-11/h7-8,10H,4-6H2,1-3H3,(H,14,15)/t10-/m0/s1. The van der Waals surface area contributed by atoms with Crippen LogP contribution in [-0.4, -0.2) is 23.7 Å². The fraction of sp³-hybridized carbons (Fsp3) is 0.583. The summed E-state index contributed by atoms with van der Waals surface area (Å²) in [6.07, 6.45) is 2.10. The molecule has 0 fully saturated rings. The Kier molecular flexibility index (Phi) is 4.80. The van der Waals surface area contributed by atoms with Gasteiger partial charge in [0, 0.05) is 6.54 Å². The molecule has 0 amide bonds. The molecular formula is C12H19NO2S. The van der Waals surface area contributed by atoms with Crippen LogP contribution in [0.3, 0.4) is 0 Å². The summed E-state index contributed by atoms with van der Waals surface area (Å²) >= 11 is 1.62. The molecule has 0 aliphatic rings. The van der Waals surface area contributed by atoms with E-state index in [1.165, 1.54) is 5.56 Å². The molecule has 1 atom stereocenters. The van der Waals surface area contributed by atoms with Crippen molar-refractivity contribution < 1.29 is 9.90 Å². The van der Waals surface area contributed by atoms with Gasteiger partial charge in [-0.05, 0) is 37.3 Å². The number of carboxylic acid groups (broad SMARTS) is 1. The summed E-state index contributed by atoms with van der Waals surface area (Å²) in [4.78, 5) is 13.0. The van der Waals surface area contributed by atoms with Crippen molar-refractivity contribution in [2.75, 3.05) is 11.4 Å². The number of carboxylic acids is 1. The van der Waals surface area contributed by atoms with Crippen LogP contribution in [0.1, 0.15) is 32.3 Å². The predicted molar refractivity (Wildman–Crippen MR) is 68.4 cm³/mol. The number of thiophene rings is 1. The zero-order valence-electron chi connectivity index (χ0n) is 10.1. The van der Waals surface area contributed by atoms with Crippen molar-refractivity contribution in [1.29, 1.82) is 0 Å². The molecule has 0 aromatic carbocycles. The molecule has 0 aliphatic carbocycles. The number of aryl methyl sites for hydroxylation is 1. The average molecular weight is 241 g/mol. The van der Waals surface area contributed by atoms with E-state index in [-0.39, 0.29) is 0 Å². The van der Waals surface area contributed by atoms with Crippen molar-refractivity contribution in [2.45, 2.75) is 39.7 Å². The van der Waals surface area contributed by atoms with Crippen molar-refractivity contribution >= 4 is 22.3 Å². The van der Waals surface area contributed by atoms with E-state index >= 15 is 0 Å². The quantitative estimate of drug-likeness (QED) is 0.831. The first-order valence-corrected chi connectivity index (χ1v) is 6.48. The minimum Gasteiger partial charge on any atom is -0.480 e. The smallest absolute Gasteiger partial charge is 0.326 e. The minimum absolute atomic E-state index is 0.454. The van der Waals surface area contributed by atoms with Crippen LogP contribution < -0.4 is 4.90 Å². The highest BCUT2D eigenvalue weighted by Crippen LogP contribution is 2.26. The number of carbonyl (C=O) groups is 1. The topological polar surface area (TPSA) is 40.5 Å². The van der Waals surface area contributed by atoms with Gasteiger partial charge < -0.3 is 10.0 Å². The third kappa shape index (κ3) is 3.23.